The number of hydrogen-bond acceptors (Lipinski definition) is 4. The fourth-order valence-electron chi connectivity index (χ4n) is 1.58. The van der Waals surface area contributed by atoms with Gasteiger partial charge in [0.25, 0.3) is 10.0 Å². The molecular weight excluding hydrogens is 312 g/mol. The van der Waals surface area contributed by atoms with Crippen molar-refractivity contribution >= 4 is 20.1 Å². The minimum Gasteiger partial charge on any atom is -0.216 e. The van der Waals surface area contributed by atoms with Gasteiger partial charge in [-0.25, -0.2) is 12.8 Å². The van der Waals surface area contributed by atoms with Crippen molar-refractivity contribution in [3.8, 4) is 6.07 Å². The average molecular weight is 330 g/mol. The van der Waals surface area contributed by atoms with E-state index in [1.54, 1.807) is 6.92 Å². The second-order valence-electron chi connectivity index (χ2n) is 4.73. The van der Waals surface area contributed by atoms with Crippen LogP contribution in [0, 0.1) is 18.3 Å². The molecule has 0 atom stereocenters. The highest BCUT2D eigenvalue weighted by molar-refractivity contribution is 8.01. The first-order valence-electron chi connectivity index (χ1n) is 5.93. The van der Waals surface area contributed by atoms with E-state index in [2.05, 4.69) is 3.77 Å². The maximum absolute atomic E-state index is 12.7. The number of rotatable bonds is 4. The lowest BCUT2D eigenvalue weighted by Crippen LogP contribution is -2.35. The van der Waals surface area contributed by atoms with Gasteiger partial charge in [0, 0.05) is 28.2 Å². The Morgan fingerprint density at radius 3 is 2.05 bits per heavy atom. The number of aryl methyl sites for hydroxylation is 1. The van der Waals surface area contributed by atoms with Crippen LogP contribution in [0.25, 0.3) is 0 Å². The summed E-state index contributed by atoms with van der Waals surface area (Å²) >= 11 is 0. The Hall–Kier alpha value is -1.47. The van der Waals surface area contributed by atoms with Gasteiger partial charge in [0.15, 0.2) is 10.1 Å². The Morgan fingerprint density at radius 1 is 1.10 bits per heavy atom. The van der Waals surface area contributed by atoms with Gasteiger partial charge < -0.3 is 0 Å². The highest BCUT2D eigenvalue weighted by Crippen LogP contribution is 2.21. The van der Waals surface area contributed by atoms with E-state index in [1.165, 1.54) is 55.0 Å². The molecular formula is C12H18N4O3S2. The normalized spacial score (nSPS) is 12.5. The minimum absolute atomic E-state index is 0.113. The zero-order chi connectivity index (χ0) is 16.4. The summed E-state index contributed by atoms with van der Waals surface area (Å²) in [5, 5.41) is 8.88. The number of benzene rings is 1. The van der Waals surface area contributed by atoms with Crippen molar-refractivity contribution in [3.05, 3.63) is 29.3 Å². The molecule has 0 saturated heterocycles. The first-order chi connectivity index (χ1) is 9.54. The van der Waals surface area contributed by atoms with Crippen molar-refractivity contribution in [2.45, 2.75) is 11.8 Å². The van der Waals surface area contributed by atoms with E-state index in [9.17, 15) is 12.6 Å². The highest BCUT2D eigenvalue weighted by atomic mass is 32.3. The van der Waals surface area contributed by atoms with Crippen molar-refractivity contribution in [2.75, 3.05) is 28.2 Å². The summed E-state index contributed by atoms with van der Waals surface area (Å²) in [7, 11) is -1.46. The maximum atomic E-state index is 12.7. The predicted molar refractivity (Wildman–Crippen MR) is 81.0 cm³/mol. The molecule has 0 aromatic heterocycles. The van der Waals surface area contributed by atoms with Gasteiger partial charge in [-0.1, -0.05) is 9.83 Å². The fourth-order valence-corrected chi connectivity index (χ4v) is 5.39. The van der Waals surface area contributed by atoms with Crippen molar-refractivity contribution in [2.24, 2.45) is 3.77 Å². The van der Waals surface area contributed by atoms with Crippen molar-refractivity contribution in [3.63, 3.8) is 0 Å². The third-order valence-corrected chi connectivity index (χ3v) is 7.20. The molecule has 0 aliphatic carbocycles. The molecule has 0 N–H and O–H groups in total. The van der Waals surface area contributed by atoms with Crippen LogP contribution in [0.4, 0.5) is 0 Å². The SMILES string of the molecule is Cc1ccc(C#N)cc1S(=O)(=O)N=S(=O)(N(C)C)N(C)C. The average Bonchev–Trinajstić information content (AvgIpc) is 2.38. The molecule has 9 heteroatoms. The highest BCUT2D eigenvalue weighted by Gasteiger charge is 2.24. The second-order valence-corrected chi connectivity index (χ2v) is 9.12. The second kappa shape index (κ2) is 6.11. The molecule has 1 aromatic rings. The van der Waals surface area contributed by atoms with Crippen LogP contribution in [0.15, 0.2) is 26.9 Å². The lowest BCUT2D eigenvalue weighted by molar-refractivity contribution is 0.514. The molecule has 116 valence electrons. The Bertz CT molecular complexity index is 784. The third-order valence-electron chi connectivity index (χ3n) is 2.74. The van der Waals surface area contributed by atoms with Crippen LogP contribution in [0.2, 0.25) is 0 Å². The molecule has 0 spiro atoms. The van der Waals surface area contributed by atoms with Gasteiger partial charge in [-0.15, -0.1) is 0 Å². The molecule has 0 aliphatic heterocycles. The van der Waals surface area contributed by atoms with Gasteiger partial charge in [0.2, 0.25) is 0 Å². The zero-order valence-corrected chi connectivity index (χ0v) is 14.2. The Kier molecular flexibility index (Phi) is 5.11. The first kappa shape index (κ1) is 17.6. The zero-order valence-electron chi connectivity index (χ0n) is 12.6. The van der Waals surface area contributed by atoms with Crippen LogP contribution in [0.1, 0.15) is 11.1 Å². The van der Waals surface area contributed by atoms with Crippen LogP contribution >= 0.6 is 0 Å². The lowest BCUT2D eigenvalue weighted by Gasteiger charge is -2.22. The molecule has 7 nitrogen and oxygen atoms in total. The van der Waals surface area contributed by atoms with Gasteiger partial charge in [-0.05, 0) is 24.6 Å². The molecule has 0 heterocycles. The topological polar surface area (TPSA) is 93.8 Å². The number of sulfonamides is 1. The molecule has 21 heavy (non-hydrogen) atoms. The Balaban J connectivity index is 3.64. The molecule has 0 aliphatic rings. The smallest absolute Gasteiger partial charge is 0.216 e. The predicted octanol–water partition coefficient (Wildman–Crippen LogP) is 0.977. The molecule has 0 saturated carbocycles. The van der Waals surface area contributed by atoms with E-state index in [1.807, 2.05) is 6.07 Å². The first-order valence-corrected chi connectivity index (χ1v) is 8.80. The van der Waals surface area contributed by atoms with Gasteiger partial charge in [-0.3, -0.25) is 0 Å². The molecule has 0 amide bonds. The molecule has 1 aromatic carbocycles. The Morgan fingerprint density at radius 2 is 1.62 bits per heavy atom. The summed E-state index contributed by atoms with van der Waals surface area (Å²) in [6, 6.07) is 6.15. The van der Waals surface area contributed by atoms with E-state index in [4.69, 9.17) is 5.26 Å². The molecule has 0 radical (unpaired) electrons. The summed E-state index contributed by atoms with van der Waals surface area (Å²) < 4.78 is 43.6. The van der Waals surface area contributed by atoms with Crippen LogP contribution < -0.4 is 0 Å². The van der Waals surface area contributed by atoms with E-state index in [-0.39, 0.29) is 10.5 Å². The standard InChI is InChI=1S/C12H18N4O3S2/c1-10-6-7-11(9-13)8-12(10)20(17,18)14-21(19,15(2)3)16(4)5/h6-8H,1-5H3. The van der Waals surface area contributed by atoms with Crippen LogP contribution in [-0.2, 0) is 20.1 Å². The minimum atomic E-state index is -4.16. The summed E-state index contributed by atoms with van der Waals surface area (Å²) in [6.07, 6.45) is 0. The quantitative estimate of drug-likeness (QED) is 0.822. The van der Waals surface area contributed by atoms with Crippen LogP contribution in [-0.4, -0.2) is 49.4 Å². The summed E-state index contributed by atoms with van der Waals surface area (Å²) in [5.74, 6) is 0. The third kappa shape index (κ3) is 3.59. The van der Waals surface area contributed by atoms with E-state index >= 15 is 0 Å². The molecule has 0 bridgehead atoms. The summed E-state index contributed by atoms with van der Waals surface area (Å²) in [6.45, 7) is 1.59. The van der Waals surface area contributed by atoms with E-state index in [0.29, 0.717) is 5.56 Å². The molecule has 0 fully saturated rings. The van der Waals surface area contributed by atoms with Crippen molar-refractivity contribution in [1.82, 2.24) is 8.61 Å². The van der Waals surface area contributed by atoms with E-state index < -0.39 is 20.1 Å². The Labute approximate surface area is 126 Å². The fraction of sp³-hybridized carbons (Fsp3) is 0.417. The number of nitrogens with zero attached hydrogens (tertiary/aromatic N) is 4. The van der Waals surface area contributed by atoms with Crippen LogP contribution in [0.5, 0.6) is 0 Å². The maximum Gasteiger partial charge on any atom is 0.292 e. The molecule has 1 rings (SSSR count). The number of nitriles is 1. The monoisotopic (exact) mass is 330 g/mol. The largest absolute Gasteiger partial charge is 0.292 e. The molecule has 0 unspecified atom stereocenters. The van der Waals surface area contributed by atoms with Gasteiger partial charge in [0.1, 0.15) is 0 Å². The van der Waals surface area contributed by atoms with Crippen molar-refractivity contribution < 1.29 is 12.6 Å². The van der Waals surface area contributed by atoms with Crippen molar-refractivity contribution in [1.29, 1.82) is 5.26 Å². The summed E-state index contributed by atoms with van der Waals surface area (Å²) in [5.41, 5.74) is 0.646. The van der Waals surface area contributed by atoms with Gasteiger partial charge >= 0.3 is 0 Å². The van der Waals surface area contributed by atoms with E-state index in [0.717, 1.165) is 0 Å². The van der Waals surface area contributed by atoms with Gasteiger partial charge in [0.05, 0.1) is 16.5 Å². The summed E-state index contributed by atoms with van der Waals surface area (Å²) in [4.78, 5) is -0.113. The van der Waals surface area contributed by atoms with Gasteiger partial charge in [-0.2, -0.15) is 13.7 Å². The van der Waals surface area contributed by atoms with Crippen LogP contribution in [0.3, 0.4) is 0 Å². The number of hydrogen-bond donors (Lipinski definition) is 0. The lowest BCUT2D eigenvalue weighted by atomic mass is 10.2.